The van der Waals surface area contributed by atoms with Gasteiger partial charge in [-0.1, -0.05) is 12.8 Å². The fourth-order valence-electron chi connectivity index (χ4n) is 2.48. The minimum atomic E-state index is -0.0275. The summed E-state index contributed by atoms with van der Waals surface area (Å²) in [6.07, 6.45) is 4.75. The van der Waals surface area contributed by atoms with E-state index in [4.69, 9.17) is 4.42 Å². The lowest BCUT2D eigenvalue weighted by atomic mass is 10.2. The lowest BCUT2D eigenvalue weighted by molar-refractivity contribution is -0.127. The summed E-state index contributed by atoms with van der Waals surface area (Å²) in [5.41, 5.74) is 0.895. The second-order valence-corrected chi connectivity index (χ2v) is 6.18. The third-order valence-corrected chi connectivity index (χ3v) is 4.05. The van der Waals surface area contributed by atoms with Gasteiger partial charge in [-0.25, -0.2) is 9.98 Å². The predicted molar refractivity (Wildman–Crippen MR) is 89.2 cm³/mol. The number of aliphatic imine (C=N–C) groups is 1. The molecule has 2 rings (SSSR count). The molecule has 1 aromatic heterocycles. The maximum absolute atomic E-state index is 11.7. The maximum atomic E-state index is 11.7. The normalized spacial score (nSPS) is 15.7. The standard InChI is InChI=1S/C16H27N5O2/c1-11-12(2)23-14(19-11)9-17-16(18-10-15(22)21(3)4)20-13-7-5-6-8-13/h13H,5-10H2,1-4H3,(H2,17,18,20). The molecule has 1 amide bonds. The van der Waals surface area contributed by atoms with Crippen molar-refractivity contribution in [2.45, 2.75) is 52.1 Å². The third kappa shape index (κ3) is 5.26. The molecule has 0 spiro atoms. The van der Waals surface area contributed by atoms with Crippen molar-refractivity contribution < 1.29 is 9.21 Å². The zero-order valence-electron chi connectivity index (χ0n) is 14.5. The van der Waals surface area contributed by atoms with E-state index in [2.05, 4.69) is 20.6 Å². The summed E-state index contributed by atoms with van der Waals surface area (Å²) in [5, 5.41) is 6.61. The van der Waals surface area contributed by atoms with E-state index in [1.165, 1.54) is 17.7 Å². The molecule has 1 saturated carbocycles. The molecule has 1 fully saturated rings. The van der Waals surface area contributed by atoms with Crippen LogP contribution in [0.25, 0.3) is 0 Å². The van der Waals surface area contributed by atoms with Crippen molar-refractivity contribution >= 4 is 11.9 Å². The summed E-state index contributed by atoms with van der Waals surface area (Å²) < 4.78 is 5.57. The molecule has 1 heterocycles. The average Bonchev–Trinajstić information content (AvgIpc) is 3.12. The third-order valence-electron chi connectivity index (χ3n) is 4.05. The molecule has 2 N–H and O–H groups in total. The van der Waals surface area contributed by atoms with E-state index >= 15 is 0 Å². The minimum Gasteiger partial charge on any atom is -0.444 e. The van der Waals surface area contributed by atoms with Crippen molar-refractivity contribution in [3.8, 4) is 0 Å². The van der Waals surface area contributed by atoms with Crippen LogP contribution in [0.15, 0.2) is 9.41 Å². The smallest absolute Gasteiger partial charge is 0.243 e. The summed E-state index contributed by atoms with van der Waals surface area (Å²) in [6, 6.07) is 0.420. The van der Waals surface area contributed by atoms with E-state index in [9.17, 15) is 4.79 Å². The molecule has 0 saturated heterocycles. The largest absolute Gasteiger partial charge is 0.444 e. The van der Waals surface area contributed by atoms with Crippen LogP contribution >= 0.6 is 0 Å². The minimum absolute atomic E-state index is 0.0275. The number of oxazole rings is 1. The fraction of sp³-hybridized carbons (Fsp3) is 0.688. The topological polar surface area (TPSA) is 82.8 Å². The van der Waals surface area contributed by atoms with Crippen molar-refractivity contribution in [2.75, 3.05) is 20.6 Å². The van der Waals surface area contributed by atoms with E-state index in [0.717, 1.165) is 24.3 Å². The number of rotatable bonds is 5. The Morgan fingerprint density at radius 3 is 2.61 bits per heavy atom. The Hall–Kier alpha value is -2.05. The number of aryl methyl sites for hydroxylation is 2. The van der Waals surface area contributed by atoms with Crippen LogP contribution < -0.4 is 10.6 Å². The number of carbonyl (C=O) groups is 1. The first-order chi connectivity index (χ1) is 11.0. The lowest BCUT2D eigenvalue weighted by Crippen LogP contribution is -2.42. The van der Waals surface area contributed by atoms with Gasteiger partial charge >= 0.3 is 0 Å². The van der Waals surface area contributed by atoms with Gasteiger partial charge in [0.15, 0.2) is 5.96 Å². The Bertz CT molecular complexity index is 539. The molecular weight excluding hydrogens is 294 g/mol. The van der Waals surface area contributed by atoms with Gasteiger partial charge in [-0.2, -0.15) is 0 Å². The number of hydrogen-bond acceptors (Lipinski definition) is 4. The van der Waals surface area contributed by atoms with Gasteiger partial charge in [0.25, 0.3) is 0 Å². The molecule has 1 aromatic rings. The number of hydrogen-bond donors (Lipinski definition) is 2. The molecule has 0 bridgehead atoms. The Kier molecular flexibility index (Phi) is 6.01. The summed E-state index contributed by atoms with van der Waals surface area (Å²) in [5.74, 6) is 2.06. The van der Waals surface area contributed by atoms with Crippen molar-refractivity contribution in [2.24, 2.45) is 4.99 Å². The molecule has 0 aliphatic heterocycles. The number of nitrogens with one attached hydrogen (secondary N) is 2. The molecule has 0 unspecified atom stereocenters. The van der Waals surface area contributed by atoms with E-state index in [0.29, 0.717) is 24.4 Å². The summed E-state index contributed by atoms with van der Waals surface area (Å²) in [7, 11) is 3.46. The van der Waals surface area contributed by atoms with Crippen LogP contribution in [0.5, 0.6) is 0 Å². The molecule has 0 atom stereocenters. The highest BCUT2D eigenvalue weighted by atomic mass is 16.4. The van der Waals surface area contributed by atoms with E-state index < -0.39 is 0 Å². The highest BCUT2D eigenvalue weighted by Crippen LogP contribution is 2.17. The summed E-state index contributed by atoms with van der Waals surface area (Å²) >= 11 is 0. The monoisotopic (exact) mass is 321 g/mol. The SMILES string of the molecule is Cc1nc(CNC(=NCC(=O)N(C)C)NC2CCCC2)oc1C. The van der Waals surface area contributed by atoms with Crippen LogP contribution in [-0.2, 0) is 11.3 Å². The van der Waals surface area contributed by atoms with Crippen molar-refractivity contribution in [1.29, 1.82) is 0 Å². The molecule has 1 aliphatic carbocycles. The van der Waals surface area contributed by atoms with Gasteiger partial charge in [0, 0.05) is 20.1 Å². The Balaban J connectivity index is 1.96. The molecule has 128 valence electrons. The maximum Gasteiger partial charge on any atom is 0.243 e. The molecule has 23 heavy (non-hydrogen) atoms. The van der Waals surface area contributed by atoms with Crippen LogP contribution in [0.2, 0.25) is 0 Å². The fourth-order valence-corrected chi connectivity index (χ4v) is 2.48. The number of carbonyl (C=O) groups excluding carboxylic acids is 1. The number of nitrogens with zero attached hydrogens (tertiary/aromatic N) is 3. The highest BCUT2D eigenvalue weighted by molar-refractivity contribution is 5.84. The molecule has 7 nitrogen and oxygen atoms in total. The van der Waals surface area contributed by atoms with Gasteiger partial charge in [-0.15, -0.1) is 0 Å². The van der Waals surface area contributed by atoms with Gasteiger partial charge in [-0.05, 0) is 26.7 Å². The first-order valence-electron chi connectivity index (χ1n) is 8.13. The summed E-state index contributed by atoms with van der Waals surface area (Å²) in [4.78, 5) is 22.0. The molecule has 0 aromatic carbocycles. The van der Waals surface area contributed by atoms with E-state index in [1.54, 1.807) is 14.1 Å². The second-order valence-electron chi connectivity index (χ2n) is 6.18. The Morgan fingerprint density at radius 2 is 2.04 bits per heavy atom. The predicted octanol–water partition coefficient (Wildman–Crippen LogP) is 1.36. The van der Waals surface area contributed by atoms with Crippen molar-refractivity contribution in [3.63, 3.8) is 0 Å². The lowest BCUT2D eigenvalue weighted by Gasteiger charge is -2.17. The van der Waals surface area contributed by atoms with E-state index in [-0.39, 0.29) is 12.5 Å². The quantitative estimate of drug-likeness (QED) is 0.632. The van der Waals surface area contributed by atoms with E-state index in [1.807, 2.05) is 13.8 Å². The Morgan fingerprint density at radius 1 is 1.35 bits per heavy atom. The van der Waals surface area contributed by atoms with Gasteiger partial charge in [0.05, 0.1) is 12.2 Å². The van der Waals surface area contributed by atoms with Gasteiger partial charge in [-0.3, -0.25) is 4.79 Å². The second kappa shape index (κ2) is 7.99. The molecular formula is C16H27N5O2. The number of aromatic nitrogens is 1. The first-order valence-corrected chi connectivity index (χ1v) is 8.13. The number of amides is 1. The van der Waals surface area contributed by atoms with Crippen LogP contribution in [0.1, 0.15) is 43.0 Å². The Labute approximate surface area is 137 Å². The van der Waals surface area contributed by atoms with Crippen molar-refractivity contribution in [1.82, 2.24) is 20.5 Å². The molecule has 1 aliphatic rings. The van der Waals surface area contributed by atoms with Crippen LogP contribution in [0, 0.1) is 13.8 Å². The number of likely N-dealkylation sites (N-methyl/N-ethyl adjacent to an activating group) is 1. The number of guanidine groups is 1. The zero-order chi connectivity index (χ0) is 16.8. The van der Waals surface area contributed by atoms with Gasteiger partial charge < -0.3 is 20.0 Å². The molecule has 7 heteroatoms. The first kappa shape index (κ1) is 17.3. The highest BCUT2D eigenvalue weighted by Gasteiger charge is 2.17. The van der Waals surface area contributed by atoms with Gasteiger partial charge in [0.1, 0.15) is 12.3 Å². The zero-order valence-corrected chi connectivity index (χ0v) is 14.5. The van der Waals surface area contributed by atoms with Gasteiger partial charge in [0.2, 0.25) is 11.8 Å². The summed E-state index contributed by atoms with van der Waals surface area (Å²) in [6.45, 7) is 4.39. The van der Waals surface area contributed by atoms with Crippen LogP contribution in [-0.4, -0.2) is 48.4 Å². The van der Waals surface area contributed by atoms with Crippen LogP contribution in [0.3, 0.4) is 0 Å². The molecule has 0 radical (unpaired) electrons. The average molecular weight is 321 g/mol. The van der Waals surface area contributed by atoms with Crippen LogP contribution in [0.4, 0.5) is 0 Å². The van der Waals surface area contributed by atoms with Crippen molar-refractivity contribution in [3.05, 3.63) is 17.3 Å².